The van der Waals surface area contributed by atoms with Crippen molar-refractivity contribution in [1.29, 1.82) is 0 Å². The minimum atomic E-state index is -0.749. The highest BCUT2D eigenvalue weighted by molar-refractivity contribution is 5.99. The van der Waals surface area contributed by atoms with Crippen LogP contribution in [0.3, 0.4) is 0 Å². The Morgan fingerprint density at radius 1 is 0.850 bits per heavy atom. The van der Waals surface area contributed by atoms with Gasteiger partial charge in [0.15, 0.2) is 11.9 Å². The molecular formula is C17H18O3. The van der Waals surface area contributed by atoms with E-state index in [0.717, 1.165) is 5.56 Å². The van der Waals surface area contributed by atoms with E-state index in [1.807, 2.05) is 62.4 Å². The summed E-state index contributed by atoms with van der Waals surface area (Å²) in [5, 5.41) is 0. The molecule has 0 radical (unpaired) electrons. The number of carbonyl (C=O) groups excluding carboxylic acids is 1. The molecule has 0 heterocycles. The molecular weight excluding hydrogens is 252 g/mol. The van der Waals surface area contributed by atoms with E-state index in [9.17, 15) is 4.79 Å². The van der Waals surface area contributed by atoms with Crippen molar-refractivity contribution in [2.75, 3.05) is 0 Å². The van der Waals surface area contributed by atoms with Crippen molar-refractivity contribution in [3.63, 3.8) is 0 Å². The Morgan fingerprint density at radius 2 is 1.40 bits per heavy atom. The first-order valence-electron chi connectivity index (χ1n) is 6.65. The molecule has 104 valence electrons. The minimum absolute atomic E-state index is 0.107. The SMILES string of the molecule is CC(C)OOC(C(=O)c1ccccc1)c1ccccc1. The molecule has 0 fully saturated rings. The highest BCUT2D eigenvalue weighted by Crippen LogP contribution is 2.23. The number of benzene rings is 2. The standard InChI is InChI=1S/C17H18O3/c1-13(2)19-20-17(15-11-7-4-8-12-15)16(18)14-9-5-3-6-10-14/h3-13,17H,1-2H3. The summed E-state index contributed by atoms with van der Waals surface area (Å²) >= 11 is 0. The van der Waals surface area contributed by atoms with E-state index >= 15 is 0 Å². The molecule has 0 aliphatic heterocycles. The second-order valence-electron chi connectivity index (χ2n) is 4.76. The van der Waals surface area contributed by atoms with Crippen LogP contribution < -0.4 is 0 Å². The van der Waals surface area contributed by atoms with Gasteiger partial charge < -0.3 is 0 Å². The van der Waals surface area contributed by atoms with Crippen molar-refractivity contribution in [2.45, 2.75) is 26.1 Å². The number of hydrogen-bond donors (Lipinski definition) is 0. The lowest BCUT2D eigenvalue weighted by Crippen LogP contribution is -2.18. The lowest BCUT2D eigenvalue weighted by molar-refractivity contribution is -0.335. The minimum Gasteiger partial charge on any atom is -0.291 e. The zero-order valence-corrected chi connectivity index (χ0v) is 11.7. The van der Waals surface area contributed by atoms with E-state index in [4.69, 9.17) is 9.78 Å². The first-order chi connectivity index (χ1) is 9.68. The Morgan fingerprint density at radius 3 is 1.95 bits per heavy atom. The van der Waals surface area contributed by atoms with Crippen molar-refractivity contribution < 1.29 is 14.6 Å². The van der Waals surface area contributed by atoms with Crippen molar-refractivity contribution in [1.82, 2.24) is 0 Å². The molecule has 0 bridgehead atoms. The quantitative estimate of drug-likeness (QED) is 0.452. The van der Waals surface area contributed by atoms with Gasteiger partial charge in [-0.25, -0.2) is 9.78 Å². The fourth-order valence-corrected chi connectivity index (χ4v) is 1.80. The predicted octanol–water partition coefficient (Wildman–Crippen LogP) is 3.97. The van der Waals surface area contributed by atoms with Crippen LogP contribution in [0.2, 0.25) is 0 Å². The van der Waals surface area contributed by atoms with Crippen molar-refractivity contribution in [3.8, 4) is 0 Å². The number of hydrogen-bond acceptors (Lipinski definition) is 3. The number of ketones is 1. The van der Waals surface area contributed by atoms with Gasteiger partial charge in [-0.15, -0.1) is 0 Å². The third-order valence-corrected chi connectivity index (χ3v) is 2.74. The summed E-state index contributed by atoms with van der Waals surface area (Å²) in [5.41, 5.74) is 1.38. The number of rotatable bonds is 6. The normalized spacial score (nSPS) is 12.3. The summed E-state index contributed by atoms with van der Waals surface area (Å²) < 4.78 is 0. The molecule has 0 aromatic heterocycles. The Kier molecular flexibility index (Phi) is 5.04. The Labute approximate surface area is 119 Å². The molecule has 0 saturated heterocycles. The van der Waals surface area contributed by atoms with Gasteiger partial charge in [0.1, 0.15) is 0 Å². The average Bonchev–Trinajstić information content (AvgIpc) is 2.49. The summed E-state index contributed by atoms with van der Waals surface area (Å²) in [6.07, 6.45) is -0.856. The van der Waals surface area contributed by atoms with Gasteiger partial charge in [-0.2, -0.15) is 0 Å². The van der Waals surface area contributed by atoms with Crippen LogP contribution in [0.1, 0.15) is 35.9 Å². The Hall–Kier alpha value is -1.97. The first kappa shape index (κ1) is 14.4. The highest BCUT2D eigenvalue weighted by atomic mass is 17.2. The van der Waals surface area contributed by atoms with E-state index in [-0.39, 0.29) is 11.9 Å². The fraction of sp³-hybridized carbons (Fsp3) is 0.235. The molecule has 20 heavy (non-hydrogen) atoms. The summed E-state index contributed by atoms with van der Waals surface area (Å²) in [6, 6.07) is 18.4. The highest BCUT2D eigenvalue weighted by Gasteiger charge is 2.24. The Bertz CT molecular complexity index is 535. The lowest BCUT2D eigenvalue weighted by atomic mass is 10.0. The van der Waals surface area contributed by atoms with Gasteiger partial charge in [-0.05, 0) is 19.4 Å². The van der Waals surface area contributed by atoms with E-state index in [0.29, 0.717) is 5.56 Å². The fourth-order valence-electron chi connectivity index (χ4n) is 1.80. The zero-order valence-electron chi connectivity index (χ0n) is 11.7. The second-order valence-corrected chi connectivity index (χ2v) is 4.76. The molecule has 2 rings (SSSR count). The summed E-state index contributed by atoms with van der Waals surface area (Å²) in [4.78, 5) is 23.1. The monoisotopic (exact) mass is 270 g/mol. The van der Waals surface area contributed by atoms with Crippen LogP contribution in [0.4, 0.5) is 0 Å². The summed E-state index contributed by atoms with van der Waals surface area (Å²) in [7, 11) is 0. The average molecular weight is 270 g/mol. The van der Waals surface area contributed by atoms with Crippen LogP contribution in [-0.4, -0.2) is 11.9 Å². The van der Waals surface area contributed by atoms with Crippen LogP contribution in [0.15, 0.2) is 60.7 Å². The van der Waals surface area contributed by atoms with Gasteiger partial charge in [0, 0.05) is 5.56 Å². The first-order valence-corrected chi connectivity index (χ1v) is 6.65. The number of carbonyl (C=O) groups is 1. The van der Waals surface area contributed by atoms with Crippen molar-refractivity contribution >= 4 is 5.78 Å². The van der Waals surface area contributed by atoms with E-state index in [1.165, 1.54) is 0 Å². The van der Waals surface area contributed by atoms with Crippen LogP contribution in [0.5, 0.6) is 0 Å². The van der Waals surface area contributed by atoms with E-state index in [2.05, 4.69) is 0 Å². The lowest BCUT2D eigenvalue weighted by Gasteiger charge is -2.17. The molecule has 2 aromatic rings. The largest absolute Gasteiger partial charge is 0.291 e. The molecule has 0 saturated carbocycles. The summed E-state index contributed by atoms with van der Waals surface area (Å²) in [6.45, 7) is 3.71. The van der Waals surface area contributed by atoms with Gasteiger partial charge in [0.25, 0.3) is 0 Å². The molecule has 0 aliphatic rings. The van der Waals surface area contributed by atoms with E-state index in [1.54, 1.807) is 12.1 Å². The maximum atomic E-state index is 12.6. The molecule has 0 aliphatic carbocycles. The Balaban J connectivity index is 2.25. The molecule has 3 nitrogen and oxygen atoms in total. The van der Waals surface area contributed by atoms with Gasteiger partial charge in [-0.3, -0.25) is 4.79 Å². The van der Waals surface area contributed by atoms with Crippen LogP contribution >= 0.6 is 0 Å². The van der Waals surface area contributed by atoms with Gasteiger partial charge in [0.2, 0.25) is 0 Å². The van der Waals surface area contributed by atoms with Crippen LogP contribution in [0, 0.1) is 0 Å². The van der Waals surface area contributed by atoms with Crippen LogP contribution in [0.25, 0.3) is 0 Å². The maximum absolute atomic E-state index is 12.6. The van der Waals surface area contributed by atoms with Crippen molar-refractivity contribution in [2.24, 2.45) is 0 Å². The molecule has 1 atom stereocenters. The maximum Gasteiger partial charge on any atom is 0.199 e. The number of Topliss-reactive ketones (excluding diaryl/α,β-unsaturated/α-hetero) is 1. The third-order valence-electron chi connectivity index (χ3n) is 2.74. The smallest absolute Gasteiger partial charge is 0.199 e. The predicted molar refractivity (Wildman–Crippen MR) is 77.3 cm³/mol. The second kappa shape index (κ2) is 6.98. The topological polar surface area (TPSA) is 35.5 Å². The van der Waals surface area contributed by atoms with Gasteiger partial charge in [-0.1, -0.05) is 60.7 Å². The van der Waals surface area contributed by atoms with Gasteiger partial charge in [0.05, 0.1) is 6.10 Å². The molecule has 0 spiro atoms. The molecule has 0 amide bonds. The van der Waals surface area contributed by atoms with Crippen LogP contribution in [-0.2, 0) is 9.78 Å². The third kappa shape index (κ3) is 3.76. The zero-order chi connectivity index (χ0) is 14.4. The van der Waals surface area contributed by atoms with Gasteiger partial charge >= 0.3 is 0 Å². The molecule has 0 N–H and O–H groups in total. The van der Waals surface area contributed by atoms with Crippen molar-refractivity contribution in [3.05, 3.63) is 71.8 Å². The molecule has 3 heteroatoms. The summed E-state index contributed by atoms with van der Waals surface area (Å²) in [5.74, 6) is -0.113. The molecule has 2 aromatic carbocycles. The molecule has 1 unspecified atom stereocenters. The van der Waals surface area contributed by atoms with E-state index < -0.39 is 6.10 Å².